The second-order valence-corrected chi connectivity index (χ2v) is 4.87. The highest BCUT2D eigenvalue weighted by Gasteiger charge is 2.06. The van der Waals surface area contributed by atoms with Gasteiger partial charge in [0, 0.05) is 13.1 Å². The van der Waals surface area contributed by atoms with E-state index in [1.807, 2.05) is 43.3 Å². The first kappa shape index (κ1) is 14.3. The Morgan fingerprint density at radius 3 is 2.35 bits per heavy atom. The van der Waals surface area contributed by atoms with Gasteiger partial charge in [0.05, 0.1) is 17.7 Å². The SMILES string of the molecule is Cc1ccc([C@H](O)CNCc2ccc(C#N)cc2)cc1. The van der Waals surface area contributed by atoms with Crippen molar-refractivity contribution >= 4 is 0 Å². The summed E-state index contributed by atoms with van der Waals surface area (Å²) in [6, 6.07) is 17.4. The monoisotopic (exact) mass is 266 g/mol. The van der Waals surface area contributed by atoms with E-state index in [2.05, 4.69) is 11.4 Å². The minimum atomic E-state index is -0.506. The van der Waals surface area contributed by atoms with E-state index in [1.165, 1.54) is 5.56 Å². The van der Waals surface area contributed by atoms with Gasteiger partial charge in [0.2, 0.25) is 0 Å². The van der Waals surface area contributed by atoms with Gasteiger partial charge in [-0.25, -0.2) is 0 Å². The highest BCUT2D eigenvalue weighted by molar-refractivity contribution is 5.31. The Labute approximate surface area is 119 Å². The van der Waals surface area contributed by atoms with Crippen LogP contribution < -0.4 is 5.32 Å². The van der Waals surface area contributed by atoms with Crippen molar-refractivity contribution in [2.24, 2.45) is 0 Å². The lowest BCUT2D eigenvalue weighted by Gasteiger charge is -2.12. The Morgan fingerprint density at radius 1 is 1.10 bits per heavy atom. The van der Waals surface area contributed by atoms with Gasteiger partial charge in [-0.05, 0) is 30.2 Å². The van der Waals surface area contributed by atoms with Crippen LogP contribution in [0.25, 0.3) is 0 Å². The van der Waals surface area contributed by atoms with Crippen molar-refractivity contribution in [2.75, 3.05) is 6.54 Å². The summed E-state index contributed by atoms with van der Waals surface area (Å²) in [5.41, 5.74) is 3.86. The molecule has 2 rings (SSSR count). The molecule has 0 aromatic heterocycles. The summed E-state index contributed by atoms with van der Waals surface area (Å²) in [6.07, 6.45) is -0.506. The van der Waals surface area contributed by atoms with Crippen LogP contribution in [-0.2, 0) is 6.54 Å². The Morgan fingerprint density at radius 2 is 1.75 bits per heavy atom. The summed E-state index contributed by atoms with van der Waals surface area (Å²) in [5, 5.41) is 22.0. The van der Waals surface area contributed by atoms with Gasteiger partial charge >= 0.3 is 0 Å². The van der Waals surface area contributed by atoms with Crippen LogP contribution in [0, 0.1) is 18.3 Å². The molecule has 0 fully saturated rings. The van der Waals surface area contributed by atoms with Gasteiger partial charge in [-0.2, -0.15) is 5.26 Å². The number of aliphatic hydroxyl groups is 1. The zero-order chi connectivity index (χ0) is 14.4. The number of benzene rings is 2. The van der Waals surface area contributed by atoms with Crippen molar-refractivity contribution in [1.82, 2.24) is 5.32 Å². The molecule has 0 saturated carbocycles. The van der Waals surface area contributed by atoms with Gasteiger partial charge in [0.1, 0.15) is 0 Å². The van der Waals surface area contributed by atoms with Gasteiger partial charge in [-0.15, -0.1) is 0 Å². The van der Waals surface area contributed by atoms with Crippen LogP contribution in [0.5, 0.6) is 0 Å². The molecule has 0 heterocycles. The van der Waals surface area contributed by atoms with Gasteiger partial charge in [-0.1, -0.05) is 42.0 Å². The number of hydrogen-bond acceptors (Lipinski definition) is 3. The number of rotatable bonds is 5. The number of nitrogens with one attached hydrogen (secondary N) is 1. The molecule has 20 heavy (non-hydrogen) atoms. The third-order valence-electron chi connectivity index (χ3n) is 3.21. The highest BCUT2D eigenvalue weighted by atomic mass is 16.3. The first-order valence-corrected chi connectivity index (χ1v) is 6.63. The molecule has 2 aromatic carbocycles. The minimum Gasteiger partial charge on any atom is -0.387 e. The molecule has 102 valence electrons. The fourth-order valence-corrected chi connectivity index (χ4v) is 1.96. The third kappa shape index (κ3) is 3.92. The number of nitrogens with zero attached hydrogens (tertiary/aromatic N) is 1. The maximum absolute atomic E-state index is 10.1. The Balaban J connectivity index is 1.83. The van der Waals surface area contributed by atoms with E-state index < -0.39 is 6.10 Å². The molecule has 0 aliphatic heterocycles. The molecule has 3 heteroatoms. The summed E-state index contributed by atoms with van der Waals surface area (Å²) in [7, 11) is 0. The summed E-state index contributed by atoms with van der Waals surface area (Å²) in [4.78, 5) is 0. The van der Waals surface area contributed by atoms with Crippen LogP contribution >= 0.6 is 0 Å². The molecule has 0 radical (unpaired) electrons. The van der Waals surface area contributed by atoms with E-state index in [1.54, 1.807) is 12.1 Å². The molecule has 0 spiro atoms. The zero-order valence-corrected chi connectivity index (χ0v) is 11.5. The third-order valence-corrected chi connectivity index (χ3v) is 3.21. The van der Waals surface area contributed by atoms with Crippen molar-refractivity contribution in [3.05, 3.63) is 70.8 Å². The highest BCUT2D eigenvalue weighted by Crippen LogP contribution is 2.13. The molecule has 0 aliphatic rings. The second kappa shape index (κ2) is 6.85. The topological polar surface area (TPSA) is 56.0 Å². The Bertz CT molecular complexity index is 582. The van der Waals surface area contributed by atoms with Gasteiger partial charge in [0.15, 0.2) is 0 Å². The maximum Gasteiger partial charge on any atom is 0.0991 e. The number of nitriles is 1. The average Bonchev–Trinajstić information content (AvgIpc) is 2.48. The summed E-state index contributed by atoms with van der Waals surface area (Å²) in [5.74, 6) is 0. The summed E-state index contributed by atoms with van der Waals surface area (Å²) in [6.45, 7) is 3.21. The molecule has 1 atom stereocenters. The van der Waals surface area contributed by atoms with Crippen molar-refractivity contribution < 1.29 is 5.11 Å². The van der Waals surface area contributed by atoms with Crippen molar-refractivity contribution in [2.45, 2.75) is 19.6 Å². The van der Waals surface area contributed by atoms with E-state index >= 15 is 0 Å². The van der Waals surface area contributed by atoms with E-state index in [-0.39, 0.29) is 0 Å². The Kier molecular flexibility index (Phi) is 4.89. The summed E-state index contributed by atoms with van der Waals surface area (Å²) >= 11 is 0. The zero-order valence-electron chi connectivity index (χ0n) is 11.5. The predicted molar refractivity (Wildman–Crippen MR) is 79.0 cm³/mol. The lowest BCUT2D eigenvalue weighted by molar-refractivity contribution is 0.174. The standard InChI is InChI=1S/C17H18N2O/c1-13-2-8-16(9-3-13)17(20)12-19-11-15-6-4-14(10-18)5-7-15/h2-9,17,19-20H,11-12H2,1H3/t17-/m1/s1. The molecule has 2 aromatic rings. The first-order chi connectivity index (χ1) is 9.69. The maximum atomic E-state index is 10.1. The van der Waals surface area contributed by atoms with Crippen LogP contribution in [0.15, 0.2) is 48.5 Å². The Hall–Kier alpha value is -2.15. The van der Waals surface area contributed by atoms with Crippen molar-refractivity contribution in [1.29, 1.82) is 5.26 Å². The van der Waals surface area contributed by atoms with Crippen LogP contribution in [0.2, 0.25) is 0 Å². The molecule has 0 amide bonds. The molecule has 0 unspecified atom stereocenters. The first-order valence-electron chi connectivity index (χ1n) is 6.63. The van der Waals surface area contributed by atoms with Crippen LogP contribution in [0.1, 0.15) is 28.4 Å². The van der Waals surface area contributed by atoms with Gasteiger partial charge in [-0.3, -0.25) is 0 Å². The predicted octanol–water partition coefficient (Wildman–Crippen LogP) is 2.69. The molecule has 0 bridgehead atoms. The smallest absolute Gasteiger partial charge is 0.0991 e. The average molecular weight is 266 g/mol. The van der Waals surface area contributed by atoms with E-state index in [0.29, 0.717) is 18.7 Å². The summed E-state index contributed by atoms with van der Waals surface area (Å²) < 4.78 is 0. The van der Waals surface area contributed by atoms with Crippen LogP contribution in [0.3, 0.4) is 0 Å². The second-order valence-electron chi connectivity index (χ2n) is 4.87. The number of aliphatic hydroxyl groups excluding tert-OH is 1. The van der Waals surface area contributed by atoms with Crippen LogP contribution in [0.4, 0.5) is 0 Å². The molecule has 2 N–H and O–H groups in total. The molecular weight excluding hydrogens is 248 g/mol. The largest absolute Gasteiger partial charge is 0.387 e. The van der Waals surface area contributed by atoms with E-state index in [4.69, 9.17) is 5.26 Å². The van der Waals surface area contributed by atoms with E-state index in [9.17, 15) is 5.11 Å². The molecule has 0 aliphatic carbocycles. The van der Waals surface area contributed by atoms with Gasteiger partial charge < -0.3 is 10.4 Å². The number of aryl methyl sites for hydroxylation is 1. The normalized spacial score (nSPS) is 11.8. The lowest BCUT2D eigenvalue weighted by Crippen LogP contribution is -2.21. The van der Waals surface area contributed by atoms with Gasteiger partial charge in [0.25, 0.3) is 0 Å². The lowest BCUT2D eigenvalue weighted by atomic mass is 10.1. The minimum absolute atomic E-state index is 0.503. The fraction of sp³-hybridized carbons (Fsp3) is 0.235. The van der Waals surface area contributed by atoms with Crippen LogP contribution in [-0.4, -0.2) is 11.7 Å². The molecular formula is C17H18N2O. The molecule has 0 saturated heterocycles. The van der Waals surface area contributed by atoms with Crippen molar-refractivity contribution in [3.63, 3.8) is 0 Å². The van der Waals surface area contributed by atoms with Crippen molar-refractivity contribution in [3.8, 4) is 6.07 Å². The number of hydrogen-bond donors (Lipinski definition) is 2. The fourth-order valence-electron chi connectivity index (χ4n) is 1.96. The quantitative estimate of drug-likeness (QED) is 0.874. The molecule has 3 nitrogen and oxygen atoms in total. The van der Waals surface area contributed by atoms with E-state index in [0.717, 1.165) is 11.1 Å².